The molecular formula is C28H26F6N2O2. The van der Waals surface area contributed by atoms with E-state index < -0.39 is 42.2 Å². The summed E-state index contributed by atoms with van der Waals surface area (Å²) < 4.78 is 86.1. The Bertz CT molecular complexity index is 1160. The monoisotopic (exact) mass is 536 g/mol. The predicted octanol–water partition coefficient (Wildman–Crippen LogP) is 6.84. The number of benzene rings is 3. The van der Waals surface area contributed by atoms with Crippen LogP contribution in [-0.2, 0) is 23.7 Å². The number of primary amides is 1. The minimum absolute atomic E-state index is 0.0957. The Labute approximate surface area is 216 Å². The zero-order chi connectivity index (χ0) is 27.5. The zero-order valence-electron chi connectivity index (χ0n) is 20.2. The molecule has 3 aromatic carbocycles. The van der Waals surface area contributed by atoms with Gasteiger partial charge in [-0.25, -0.2) is 4.79 Å². The topological polar surface area (TPSA) is 55.6 Å². The van der Waals surface area contributed by atoms with E-state index in [2.05, 4.69) is 0 Å². The number of hydrogen-bond donors (Lipinski definition) is 1. The number of nitrogens with two attached hydrogens (primary N) is 1. The first-order valence-corrected chi connectivity index (χ1v) is 12.0. The van der Waals surface area contributed by atoms with Crippen molar-refractivity contribution in [1.29, 1.82) is 0 Å². The highest BCUT2D eigenvalue weighted by molar-refractivity contribution is 5.72. The van der Waals surface area contributed by atoms with Gasteiger partial charge in [0.15, 0.2) is 0 Å². The first-order chi connectivity index (χ1) is 17.9. The van der Waals surface area contributed by atoms with Crippen molar-refractivity contribution < 1.29 is 35.9 Å². The van der Waals surface area contributed by atoms with E-state index in [1.807, 2.05) is 60.7 Å². The van der Waals surface area contributed by atoms with Gasteiger partial charge in [-0.15, -0.1) is 0 Å². The predicted molar refractivity (Wildman–Crippen MR) is 129 cm³/mol. The summed E-state index contributed by atoms with van der Waals surface area (Å²) in [4.78, 5) is 13.5. The number of hydrogen-bond acceptors (Lipinski definition) is 2. The summed E-state index contributed by atoms with van der Waals surface area (Å²) in [6.45, 7) is 0.00900. The van der Waals surface area contributed by atoms with E-state index in [-0.39, 0.29) is 36.6 Å². The third kappa shape index (κ3) is 6.48. The molecule has 38 heavy (non-hydrogen) atoms. The van der Waals surface area contributed by atoms with Crippen molar-refractivity contribution in [2.45, 2.75) is 37.4 Å². The van der Waals surface area contributed by atoms with Gasteiger partial charge in [0.25, 0.3) is 0 Å². The van der Waals surface area contributed by atoms with Crippen LogP contribution < -0.4 is 5.73 Å². The van der Waals surface area contributed by atoms with E-state index >= 15 is 0 Å². The number of amides is 2. The minimum Gasteiger partial charge on any atom is -0.373 e. The standard InChI is InChI=1S/C28H26F6N2O2/c29-27(30,31)21-13-18(14-22(15-21)28(32,33)34)17-38-24-11-12-36(26(35)37)16-23(24)25(19-7-3-1-4-8-19)20-9-5-2-6-10-20/h1-10,13-15,23-25H,11-12,16-17H2,(H2,35,37)/t23-,24+/m1/s1. The molecule has 0 aliphatic carbocycles. The molecule has 0 bridgehead atoms. The van der Waals surface area contributed by atoms with Crippen molar-refractivity contribution in [3.63, 3.8) is 0 Å². The lowest BCUT2D eigenvalue weighted by molar-refractivity contribution is -0.143. The van der Waals surface area contributed by atoms with Crippen LogP contribution in [0.3, 0.4) is 0 Å². The normalized spacial score (nSPS) is 18.6. The van der Waals surface area contributed by atoms with Gasteiger partial charge in [0.2, 0.25) is 0 Å². The van der Waals surface area contributed by atoms with Crippen molar-refractivity contribution in [2.75, 3.05) is 13.1 Å². The highest BCUT2D eigenvalue weighted by atomic mass is 19.4. The van der Waals surface area contributed by atoms with Gasteiger partial charge in [0, 0.05) is 24.9 Å². The van der Waals surface area contributed by atoms with Gasteiger partial charge in [-0.3, -0.25) is 0 Å². The maximum absolute atomic E-state index is 13.3. The lowest BCUT2D eigenvalue weighted by Crippen LogP contribution is -2.50. The Morgan fingerprint density at radius 2 is 1.37 bits per heavy atom. The van der Waals surface area contributed by atoms with Crippen molar-refractivity contribution in [1.82, 2.24) is 4.90 Å². The Balaban J connectivity index is 1.68. The number of rotatable bonds is 6. The fourth-order valence-electron chi connectivity index (χ4n) is 5.00. The number of likely N-dealkylation sites (tertiary alicyclic amines) is 1. The average Bonchev–Trinajstić information content (AvgIpc) is 2.88. The fraction of sp³-hybridized carbons (Fsp3) is 0.321. The highest BCUT2D eigenvalue weighted by Gasteiger charge is 2.39. The van der Waals surface area contributed by atoms with Gasteiger partial charge in [0.1, 0.15) is 0 Å². The Morgan fingerprint density at radius 3 is 1.82 bits per heavy atom. The number of ether oxygens (including phenoxy) is 1. The SMILES string of the molecule is NC(=O)N1CC[C@H](OCc2cc(C(F)(F)F)cc(C(F)(F)F)c2)[C@H](C(c2ccccc2)c2ccccc2)C1. The molecule has 0 radical (unpaired) electrons. The van der Waals surface area contributed by atoms with Crippen LogP contribution in [0.25, 0.3) is 0 Å². The molecule has 10 heteroatoms. The number of carbonyl (C=O) groups is 1. The van der Waals surface area contributed by atoms with Crippen molar-refractivity contribution in [3.05, 3.63) is 107 Å². The summed E-state index contributed by atoms with van der Waals surface area (Å²) in [6, 6.07) is 19.8. The van der Waals surface area contributed by atoms with Crippen LogP contribution in [0.1, 0.15) is 40.2 Å². The molecule has 0 saturated carbocycles. The van der Waals surface area contributed by atoms with Gasteiger partial charge in [-0.1, -0.05) is 60.7 Å². The molecule has 4 nitrogen and oxygen atoms in total. The third-order valence-corrected chi connectivity index (χ3v) is 6.76. The van der Waals surface area contributed by atoms with E-state index in [0.717, 1.165) is 11.1 Å². The number of nitrogens with zero attached hydrogens (tertiary/aromatic N) is 1. The lowest BCUT2D eigenvalue weighted by atomic mass is 9.75. The smallest absolute Gasteiger partial charge is 0.373 e. The van der Waals surface area contributed by atoms with Crippen LogP contribution in [0.2, 0.25) is 0 Å². The van der Waals surface area contributed by atoms with Gasteiger partial charge in [-0.05, 0) is 41.3 Å². The molecule has 1 aliphatic rings. The largest absolute Gasteiger partial charge is 0.416 e. The highest BCUT2D eigenvalue weighted by Crippen LogP contribution is 2.40. The average molecular weight is 537 g/mol. The van der Waals surface area contributed by atoms with Gasteiger partial charge >= 0.3 is 18.4 Å². The summed E-state index contributed by atoms with van der Waals surface area (Å²) in [5.41, 5.74) is 4.41. The number of urea groups is 1. The van der Waals surface area contributed by atoms with Gasteiger partial charge < -0.3 is 15.4 Å². The summed E-state index contributed by atoms with van der Waals surface area (Å²) in [5.74, 6) is -0.634. The minimum atomic E-state index is -4.95. The quantitative estimate of drug-likeness (QED) is 0.351. The van der Waals surface area contributed by atoms with Gasteiger partial charge in [-0.2, -0.15) is 26.3 Å². The molecule has 0 spiro atoms. The number of piperidine rings is 1. The summed E-state index contributed by atoms with van der Waals surface area (Å²) in [6.07, 6.45) is -10.1. The van der Waals surface area contributed by atoms with Crippen LogP contribution in [0, 0.1) is 5.92 Å². The summed E-state index contributed by atoms with van der Waals surface area (Å²) in [5, 5.41) is 0. The number of alkyl halides is 6. The Hall–Kier alpha value is -3.53. The first-order valence-electron chi connectivity index (χ1n) is 12.0. The van der Waals surface area contributed by atoms with Crippen LogP contribution >= 0.6 is 0 Å². The Kier molecular flexibility index (Phi) is 8.01. The molecule has 2 amide bonds. The molecule has 1 fully saturated rings. The van der Waals surface area contributed by atoms with Crippen molar-refractivity contribution in [3.8, 4) is 0 Å². The fourth-order valence-corrected chi connectivity index (χ4v) is 5.00. The second-order valence-corrected chi connectivity index (χ2v) is 9.30. The maximum Gasteiger partial charge on any atom is 0.416 e. The molecule has 1 aliphatic heterocycles. The van der Waals surface area contributed by atoms with Crippen LogP contribution in [-0.4, -0.2) is 30.1 Å². The molecule has 3 aromatic rings. The zero-order valence-corrected chi connectivity index (χ0v) is 20.2. The third-order valence-electron chi connectivity index (χ3n) is 6.76. The molecule has 4 rings (SSSR count). The maximum atomic E-state index is 13.3. The van der Waals surface area contributed by atoms with E-state index in [1.54, 1.807) is 0 Å². The van der Waals surface area contributed by atoms with Gasteiger partial charge in [0.05, 0.1) is 23.8 Å². The number of carbonyl (C=O) groups excluding carboxylic acids is 1. The molecule has 0 unspecified atom stereocenters. The van der Waals surface area contributed by atoms with Crippen LogP contribution in [0.5, 0.6) is 0 Å². The molecule has 1 saturated heterocycles. The molecule has 2 atom stereocenters. The Morgan fingerprint density at radius 1 is 0.868 bits per heavy atom. The lowest BCUT2D eigenvalue weighted by Gasteiger charge is -2.42. The summed E-state index contributed by atoms with van der Waals surface area (Å²) in [7, 11) is 0. The van der Waals surface area contributed by atoms with E-state index in [4.69, 9.17) is 10.5 Å². The van der Waals surface area contributed by atoms with Crippen molar-refractivity contribution >= 4 is 6.03 Å². The van der Waals surface area contributed by atoms with E-state index in [1.165, 1.54) is 4.90 Å². The van der Waals surface area contributed by atoms with E-state index in [9.17, 15) is 31.1 Å². The number of halogens is 6. The molecule has 2 N–H and O–H groups in total. The molecule has 1 heterocycles. The van der Waals surface area contributed by atoms with E-state index in [0.29, 0.717) is 18.6 Å². The van der Waals surface area contributed by atoms with Crippen molar-refractivity contribution in [2.24, 2.45) is 11.7 Å². The molecular weight excluding hydrogens is 510 g/mol. The second kappa shape index (κ2) is 11.1. The molecule has 0 aromatic heterocycles. The first kappa shape index (κ1) is 27.5. The van der Waals surface area contributed by atoms with Crippen LogP contribution in [0.15, 0.2) is 78.9 Å². The molecule has 202 valence electrons. The second-order valence-electron chi connectivity index (χ2n) is 9.30. The summed E-state index contributed by atoms with van der Waals surface area (Å²) >= 11 is 0. The van der Waals surface area contributed by atoms with Crippen LogP contribution in [0.4, 0.5) is 31.1 Å².